The van der Waals surface area contributed by atoms with Gasteiger partial charge in [0.25, 0.3) is 15.9 Å². The van der Waals surface area contributed by atoms with E-state index in [1.165, 1.54) is 31.2 Å². The minimum atomic E-state index is -3.76. The molecule has 8 nitrogen and oxygen atoms in total. The zero-order valence-electron chi connectivity index (χ0n) is 18.5. The highest BCUT2D eigenvalue weighted by Crippen LogP contribution is 2.22. The van der Waals surface area contributed by atoms with Crippen LogP contribution in [-0.4, -0.2) is 26.8 Å². The normalized spacial score (nSPS) is 10.9. The second-order valence-corrected chi connectivity index (χ2v) is 9.17. The lowest BCUT2D eigenvalue weighted by Crippen LogP contribution is -2.20. The molecule has 3 rings (SSSR count). The third-order valence-corrected chi connectivity index (χ3v) is 6.01. The van der Waals surface area contributed by atoms with Crippen molar-refractivity contribution >= 4 is 38.9 Å². The van der Waals surface area contributed by atoms with Crippen molar-refractivity contribution in [2.24, 2.45) is 0 Å². The van der Waals surface area contributed by atoms with E-state index in [1.807, 2.05) is 26.0 Å². The van der Waals surface area contributed by atoms with Crippen molar-refractivity contribution < 1.29 is 22.7 Å². The molecule has 0 spiro atoms. The van der Waals surface area contributed by atoms with E-state index < -0.39 is 10.0 Å². The van der Waals surface area contributed by atoms with E-state index in [4.69, 9.17) is 4.74 Å². The Labute approximate surface area is 193 Å². The molecule has 0 unspecified atom stereocenters. The lowest BCUT2D eigenvalue weighted by atomic mass is 10.1. The Hall–Kier alpha value is -3.85. The van der Waals surface area contributed by atoms with Crippen molar-refractivity contribution in [2.75, 3.05) is 22.0 Å². The van der Waals surface area contributed by atoms with E-state index in [0.29, 0.717) is 22.8 Å². The Bertz CT molecular complexity index is 1250. The first kappa shape index (κ1) is 23.8. The number of aryl methyl sites for hydroxylation is 2. The third-order valence-electron chi connectivity index (χ3n) is 4.63. The summed E-state index contributed by atoms with van der Waals surface area (Å²) in [4.78, 5) is 23.3. The van der Waals surface area contributed by atoms with E-state index in [-0.39, 0.29) is 23.3 Å². The van der Waals surface area contributed by atoms with Crippen LogP contribution in [0.3, 0.4) is 0 Å². The molecule has 0 saturated heterocycles. The predicted octanol–water partition coefficient (Wildman–Crippen LogP) is 4.08. The van der Waals surface area contributed by atoms with Gasteiger partial charge < -0.3 is 15.4 Å². The third kappa shape index (κ3) is 6.81. The van der Waals surface area contributed by atoms with Crippen molar-refractivity contribution in [3.63, 3.8) is 0 Å². The van der Waals surface area contributed by atoms with Gasteiger partial charge in [0, 0.05) is 18.3 Å². The summed E-state index contributed by atoms with van der Waals surface area (Å²) in [6, 6.07) is 18.0. The van der Waals surface area contributed by atoms with Gasteiger partial charge >= 0.3 is 0 Å². The summed E-state index contributed by atoms with van der Waals surface area (Å²) >= 11 is 0. The summed E-state index contributed by atoms with van der Waals surface area (Å²) in [5, 5.41) is 5.32. The van der Waals surface area contributed by atoms with E-state index >= 15 is 0 Å². The molecule has 0 radical (unpaired) electrons. The van der Waals surface area contributed by atoms with E-state index in [9.17, 15) is 18.0 Å². The number of amides is 2. The molecule has 0 aliphatic rings. The van der Waals surface area contributed by atoms with E-state index in [0.717, 1.165) is 11.1 Å². The van der Waals surface area contributed by atoms with Gasteiger partial charge in [-0.2, -0.15) is 0 Å². The van der Waals surface area contributed by atoms with Crippen LogP contribution < -0.4 is 20.1 Å². The number of benzene rings is 3. The van der Waals surface area contributed by atoms with Gasteiger partial charge in [-0.15, -0.1) is 0 Å². The first-order chi connectivity index (χ1) is 15.6. The summed E-state index contributed by atoms with van der Waals surface area (Å²) in [7, 11) is -3.76. The predicted molar refractivity (Wildman–Crippen MR) is 128 cm³/mol. The number of carbonyl (C=O) groups excluding carboxylic acids is 2. The molecule has 9 heteroatoms. The molecule has 0 aliphatic heterocycles. The Kier molecular flexibility index (Phi) is 7.34. The van der Waals surface area contributed by atoms with Crippen molar-refractivity contribution in [1.29, 1.82) is 0 Å². The number of carbonyl (C=O) groups is 2. The molecule has 0 aliphatic carbocycles. The van der Waals surface area contributed by atoms with Crippen molar-refractivity contribution in [1.82, 2.24) is 0 Å². The van der Waals surface area contributed by atoms with Crippen LogP contribution in [0, 0.1) is 13.8 Å². The molecule has 0 aromatic heterocycles. The molecule has 3 aromatic rings. The maximum atomic E-state index is 12.7. The first-order valence-electron chi connectivity index (χ1n) is 10.1. The zero-order valence-corrected chi connectivity index (χ0v) is 19.3. The second-order valence-electron chi connectivity index (χ2n) is 7.49. The van der Waals surface area contributed by atoms with Crippen LogP contribution in [0.2, 0.25) is 0 Å². The quantitative estimate of drug-likeness (QED) is 0.462. The maximum Gasteiger partial charge on any atom is 0.262 e. The van der Waals surface area contributed by atoms with Gasteiger partial charge in [0.2, 0.25) is 5.91 Å². The summed E-state index contributed by atoms with van der Waals surface area (Å²) in [5.41, 5.74) is 3.47. The fourth-order valence-corrected chi connectivity index (χ4v) is 4.07. The SMILES string of the molecule is CC(=O)Nc1ccc(NC(=O)COc2ccc(S(=O)(=O)Nc3cc(C)ccc3C)cc2)cc1. The molecule has 0 fully saturated rings. The number of sulfonamides is 1. The molecular weight excluding hydrogens is 442 g/mol. The Morgan fingerprint density at radius 2 is 1.45 bits per heavy atom. The van der Waals surface area contributed by atoms with Crippen LogP contribution in [0.25, 0.3) is 0 Å². The summed E-state index contributed by atoms with van der Waals surface area (Å²) in [6.45, 7) is 4.88. The van der Waals surface area contributed by atoms with Gasteiger partial charge in [0.1, 0.15) is 5.75 Å². The van der Waals surface area contributed by atoms with Crippen molar-refractivity contribution in [3.05, 3.63) is 77.9 Å². The molecule has 3 aromatic carbocycles. The fraction of sp³-hybridized carbons (Fsp3) is 0.167. The van der Waals surface area contributed by atoms with Crippen molar-refractivity contribution in [2.45, 2.75) is 25.7 Å². The van der Waals surface area contributed by atoms with Crippen LogP contribution >= 0.6 is 0 Å². The highest BCUT2D eigenvalue weighted by atomic mass is 32.2. The Morgan fingerprint density at radius 1 is 0.848 bits per heavy atom. The molecule has 33 heavy (non-hydrogen) atoms. The second kappa shape index (κ2) is 10.2. The molecular formula is C24H25N3O5S. The van der Waals surface area contributed by atoms with Gasteiger partial charge in [-0.1, -0.05) is 12.1 Å². The first-order valence-corrected chi connectivity index (χ1v) is 11.6. The van der Waals surface area contributed by atoms with Crippen LogP contribution in [-0.2, 0) is 19.6 Å². The molecule has 0 saturated carbocycles. The number of ether oxygens (including phenoxy) is 1. The number of nitrogens with one attached hydrogen (secondary N) is 3. The van der Waals surface area contributed by atoms with Crippen LogP contribution in [0.15, 0.2) is 71.6 Å². The van der Waals surface area contributed by atoms with Crippen LogP contribution in [0.5, 0.6) is 5.75 Å². The van der Waals surface area contributed by atoms with Gasteiger partial charge in [-0.05, 0) is 79.6 Å². The average molecular weight is 468 g/mol. The zero-order chi connectivity index (χ0) is 24.0. The number of anilines is 3. The molecule has 3 N–H and O–H groups in total. The number of hydrogen-bond donors (Lipinski definition) is 3. The largest absolute Gasteiger partial charge is 0.484 e. The Morgan fingerprint density at radius 3 is 2.06 bits per heavy atom. The van der Waals surface area contributed by atoms with Gasteiger partial charge in [0.15, 0.2) is 6.61 Å². The molecule has 0 heterocycles. The van der Waals surface area contributed by atoms with Gasteiger partial charge in [-0.3, -0.25) is 14.3 Å². The summed E-state index contributed by atoms with van der Waals surface area (Å²) in [6.07, 6.45) is 0. The highest BCUT2D eigenvalue weighted by Gasteiger charge is 2.16. The molecule has 2 amide bonds. The Balaban J connectivity index is 1.56. The standard InChI is InChI=1S/C24H25N3O5S/c1-16-4-5-17(2)23(14-16)27-33(30,31)22-12-10-21(11-13-22)32-15-24(29)26-20-8-6-19(7-9-20)25-18(3)28/h4-14,27H,15H2,1-3H3,(H,25,28)(H,26,29). The lowest BCUT2D eigenvalue weighted by Gasteiger charge is -2.12. The van der Waals surface area contributed by atoms with Crippen LogP contribution in [0.4, 0.5) is 17.1 Å². The minimum Gasteiger partial charge on any atom is -0.484 e. The van der Waals surface area contributed by atoms with E-state index in [2.05, 4.69) is 15.4 Å². The molecule has 0 bridgehead atoms. The number of rotatable bonds is 8. The minimum absolute atomic E-state index is 0.0828. The monoisotopic (exact) mass is 467 g/mol. The average Bonchev–Trinajstić information content (AvgIpc) is 2.76. The highest BCUT2D eigenvalue weighted by molar-refractivity contribution is 7.92. The fourth-order valence-electron chi connectivity index (χ4n) is 2.95. The van der Waals surface area contributed by atoms with Crippen molar-refractivity contribution in [3.8, 4) is 5.75 Å². The lowest BCUT2D eigenvalue weighted by molar-refractivity contribution is -0.118. The molecule has 172 valence electrons. The maximum absolute atomic E-state index is 12.7. The summed E-state index contributed by atoms with van der Waals surface area (Å²) in [5.74, 6) is -0.201. The van der Waals surface area contributed by atoms with Gasteiger partial charge in [-0.25, -0.2) is 8.42 Å². The number of hydrogen-bond acceptors (Lipinski definition) is 5. The van der Waals surface area contributed by atoms with Crippen LogP contribution in [0.1, 0.15) is 18.1 Å². The molecule has 0 atom stereocenters. The smallest absolute Gasteiger partial charge is 0.262 e. The van der Waals surface area contributed by atoms with Gasteiger partial charge in [0.05, 0.1) is 10.6 Å². The van der Waals surface area contributed by atoms with E-state index in [1.54, 1.807) is 30.3 Å². The summed E-state index contributed by atoms with van der Waals surface area (Å²) < 4.78 is 33.4. The topological polar surface area (TPSA) is 114 Å².